The fourth-order valence-corrected chi connectivity index (χ4v) is 4.02. The van der Waals surface area contributed by atoms with E-state index in [0.29, 0.717) is 6.04 Å². The molecule has 4 heterocycles. The molecule has 2 fully saturated rings. The number of imidazole rings is 1. The van der Waals surface area contributed by atoms with Gasteiger partial charge in [0, 0.05) is 25.2 Å². The first-order valence-corrected chi connectivity index (χ1v) is 8.52. The molecule has 22 heavy (non-hydrogen) atoms. The van der Waals surface area contributed by atoms with Gasteiger partial charge in [-0.25, -0.2) is 9.97 Å². The molecule has 2 aromatic rings. The Labute approximate surface area is 131 Å². The molecule has 2 aliphatic heterocycles. The third-order valence-electron chi connectivity index (χ3n) is 5.16. The lowest BCUT2D eigenvalue weighted by atomic mass is 10.0. The number of likely N-dealkylation sites (tertiary alicyclic amines) is 1. The van der Waals surface area contributed by atoms with E-state index in [9.17, 15) is 0 Å². The van der Waals surface area contributed by atoms with Crippen molar-refractivity contribution in [3.8, 4) is 0 Å². The molecule has 118 valence electrons. The maximum absolute atomic E-state index is 4.94. The average molecular weight is 299 g/mol. The van der Waals surface area contributed by atoms with E-state index in [4.69, 9.17) is 4.98 Å². The van der Waals surface area contributed by atoms with Gasteiger partial charge in [-0.15, -0.1) is 0 Å². The lowest BCUT2D eigenvalue weighted by Gasteiger charge is -2.26. The van der Waals surface area contributed by atoms with E-state index in [0.717, 1.165) is 36.6 Å². The van der Waals surface area contributed by atoms with Crippen molar-refractivity contribution in [3.05, 3.63) is 24.2 Å². The van der Waals surface area contributed by atoms with Crippen LogP contribution in [0, 0.1) is 5.92 Å². The first-order chi connectivity index (χ1) is 10.8. The first-order valence-electron chi connectivity index (χ1n) is 8.52. The molecular formula is C17H25N5. The summed E-state index contributed by atoms with van der Waals surface area (Å²) in [5.74, 6) is 1.99. The summed E-state index contributed by atoms with van der Waals surface area (Å²) in [5.41, 5.74) is 2.14. The fraction of sp³-hybridized carbons (Fsp3) is 0.647. The number of rotatable bonds is 3. The molecule has 1 N–H and O–H groups in total. The Balaban J connectivity index is 1.69. The van der Waals surface area contributed by atoms with Crippen molar-refractivity contribution >= 4 is 11.2 Å². The number of hydrogen-bond acceptors (Lipinski definition) is 4. The van der Waals surface area contributed by atoms with Gasteiger partial charge in [0.2, 0.25) is 0 Å². The number of nitrogens with one attached hydrogen (secondary N) is 1. The molecule has 0 radical (unpaired) electrons. The van der Waals surface area contributed by atoms with Crippen molar-refractivity contribution in [1.82, 2.24) is 24.8 Å². The molecular weight excluding hydrogens is 274 g/mol. The number of hydrogen-bond donors (Lipinski definition) is 1. The Morgan fingerprint density at radius 2 is 2.14 bits per heavy atom. The molecule has 5 heteroatoms. The van der Waals surface area contributed by atoms with Crippen LogP contribution in [0.4, 0.5) is 0 Å². The summed E-state index contributed by atoms with van der Waals surface area (Å²) in [6, 6.07) is 4.65. The number of piperidine rings is 1. The zero-order valence-electron chi connectivity index (χ0n) is 13.3. The quantitative estimate of drug-likeness (QED) is 0.939. The van der Waals surface area contributed by atoms with Crippen LogP contribution in [0.2, 0.25) is 0 Å². The second-order valence-corrected chi connectivity index (χ2v) is 6.85. The summed E-state index contributed by atoms with van der Waals surface area (Å²) in [5, 5.41) is 3.46. The summed E-state index contributed by atoms with van der Waals surface area (Å²) < 4.78 is 2.45. The second-order valence-electron chi connectivity index (χ2n) is 6.85. The zero-order chi connectivity index (χ0) is 14.9. The van der Waals surface area contributed by atoms with Crippen LogP contribution in [0.25, 0.3) is 11.2 Å². The van der Waals surface area contributed by atoms with Gasteiger partial charge >= 0.3 is 0 Å². The van der Waals surface area contributed by atoms with E-state index in [1.54, 1.807) is 0 Å². The number of nitrogens with zero attached hydrogens (tertiary/aromatic N) is 4. The minimum atomic E-state index is 0.551. The fourth-order valence-electron chi connectivity index (χ4n) is 4.02. The number of pyridine rings is 1. The van der Waals surface area contributed by atoms with Gasteiger partial charge in [0.25, 0.3) is 0 Å². The van der Waals surface area contributed by atoms with Crippen LogP contribution in [0.1, 0.15) is 31.1 Å². The molecule has 0 aromatic carbocycles. The van der Waals surface area contributed by atoms with Crippen LogP contribution in [0.15, 0.2) is 18.3 Å². The van der Waals surface area contributed by atoms with E-state index in [1.165, 1.54) is 38.2 Å². The van der Waals surface area contributed by atoms with Crippen LogP contribution < -0.4 is 5.32 Å². The SMILES string of the molecule is CN1CCC(Cc2nc3cccnc3n2C2CCNCC2)C1. The van der Waals surface area contributed by atoms with Crippen molar-refractivity contribution < 1.29 is 0 Å². The molecule has 5 nitrogen and oxygen atoms in total. The van der Waals surface area contributed by atoms with Crippen LogP contribution >= 0.6 is 0 Å². The van der Waals surface area contributed by atoms with Crippen molar-refractivity contribution in [3.63, 3.8) is 0 Å². The van der Waals surface area contributed by atoms with Crippen molar-refractivity contribution in [1.29, 1.82) is 0 Å². The molecule has 2 aliphatic rings. The van der Waals surface area contributed by atoms with Crippen LogP contribution in [0.5, 0.6) is 0 Å². The third-order valence-corrected chi connectivity index (χ3v) is 5.16. The van der Waals surface area contributed by atoms with E-state index in [1.807, 2.05) is 12.3 Å². The minimum absolute atomic E-state index is 0.551. The van der Waals surface area contributed by atoms with Gasteiger partial charge in [0.05, 0.1) is 0 Å². The van der Waals surface area contributed by atoms with Gasteiger partial charge in [-0.05, 0) is 64.0 Å². The molecule has 0 bridgehead atoms. The predicted molar refractivity (Wildman–Crippen MR) is 88.0 cm³/mol. The highest BCUT2D eigenvalue weighted by Gasteiger charge is 2.26. The standard InChI is InChI=1S/C17H25N5/c1-21-10-6-13(12-21)11-16-20-15-3-2-7-19-17(15)22(16)14-4-8-18-9-5-14/h2-3,7,13-14,18H,4-6,8-12H2,1H3. The molecule has 0 saturated carbocycles. The van der Waals surface area contributed by atoms with E-state index >= 15 is 0 Å². The second kappa shape index (κ2) is 5.97. The number of aromatic nitrogens is 3. The Kier molecular flexibility index (Phi) is 3.84. The molecule has 4 rings (SSSR count). The molecule has 2 aromatic heterocycles. The van der Waals surface area contributed by atoms with E-state index in [-0.39, 0.29) is 0 Å². The zero-order valence-corrected chi connectivity index (χ0v) is 13.3. The summed E-state index contributed by atoms with van der Waals surface area (Å²) in [6.45, 7) is 4.62. The van der Waals surface area contributed by atoms with Gasteiger partial charge < -0.3 is 14.8 Å². The van der Waals surface area contributed by atoms with E-state index in [2.05, 4.69) is 32.9 Å². The van der Waals surface area contributed by atoms with Crippen molar-refractivity contribution in [2.24, 2.45) is 5.92 Å². The van der Waals surface area contributed by atoms with Gasteiger partial charge in [0.15, 0.2) is 5.65 Å². The highest BCUT2D eigenvalue weighted by Crippen LogP contribution is 2.28. The maximum Gasteiger partial charge on any atom is 0.160 e. The van der Waals surface area contributed by atoms with Crippen LogP contribution in [-0.4, -0.2) is 52.7 Å². The smallest absolute Gasteiger partial charge is 0.160 e. The Morgan fingerprint density at radius 1 is 1.27 bits per heavy atom. The monoisotopic (exact) mass is 299 g/mol. The van der Waals surface area contributed by atoms with Gasteiger partial charge in [-0.2, -0.15) is 0 Å². The lowest BCUT2D eigenvalue weighted by Crippen LogP contribution is -2.30. The van der Waals surface area contributed by atoms with Crippen molar-refractivity contribution in [2.75, 3.05) is 33.2 Å². The Hall–Kier alpha value is -1.46. The van der Waals surface area contributed by atoms with E-state index < -0.39 is 0 Å². The molecule has 1 unspecified atom stereocenters. The van der Waals surface area contributed by atoms with Gasteiger partial charge in [-0.1, -0.05) is 0 Å². The molecule has 2 saturated heterocycles. The Bertz CT molecular complexity index is 644. The average Bonchev–Trinajstić information content (AvgIpc) is 3.11. The summed E-state index contributed by atoms with van der Waals surface area (Å²) >= 11 is 0. The maximum atomic E-state index is 4.94. The largest absolute Gasteiger partial charge is 0.317 e. The minimum Gasteiger partial charge on any atom is -0.317 e. The molecule has 1 atom stereocenters. The van der Waals surface area contributed by atoms with Gasteiger partial charge in [-0.3, -0.25) is 0 Å². The molecule has 0 spiro atoms. The number of fused-ring (bicyclic) bond motifs is 1. The van der Waals surface area contributed by atoms with Crippen molar-refractivity contribution in [2.45, 2.75) is 31.7 Å². The molecule has 0 amide bonds. The third kappa shape index (κ3) is 2.63. The highest BCUT2D eigenvalue weighted by molar-refractivity contribution is 5.71. The summed E-state index contributed by atoms with van der Waals surface area (Å²) in [4.78, 5) is 12.0. The summed E-state index contributed by atoms with van der Waals surface area (Å²) in [7, 11) is 2.22. The first kappa shape index (κ1) is 14.2. The normalized spacial score (nSPS) is 24.3. The topological polar surface area (TPSA) is 46.0 Å². The Morgan fingerprint density at radius 3 is 2.91 bits per heavy atom. The van der Waals surface area contributed by atoms with Gasteiger partial charge in [0.1, 0.15) is 11.3 Å². The highest BCUT2D eigenvalue weighted by atomic mass is 15.2. The molecule has 0 aliphatic carbocycles. The van der Waals surface area contributed by atoms with Crippen LogP contribution in [0.3, 0.4) is 0 Å². The predicted octanol–water partition coefficient (Wildman–Crippen LogP) is 1.85. The van der Waals surface area contributed by atoms with Crippen LogP contribution in [-0.2, 0) is 6.42 Å². The lowest BCUT2D eigenvalue weighted by molar-refractivity contribution is 0.355. The summed E-state index contributed by atoms with van der Waals surface area (Å²) in [6.07, 6.45) is 6.64.